The first-order chi connectivity index (χ1) is 9.41. The van der Waals surface area contributed by atoms with Crippen LogP contribution in [0.15, 0.2) is 24.3 Å². The molecular weight excluding hydrogens is 254 g/mol. The van der Waals surface area contributed by atoms with Gasteiger partial charge < -0.3 is 15.2 Å². The lowest BCUT2D eigenvalue weighted by molar-refractivity contribution is -0.129. The molecule has 1 aromatic rings. The molecule has 1 amide bonds. The van der Waals surface area contributed by atoms with Gasteiger partial charge in [0, 0.05) is 11.5 Å². The van der Waals surface area contributed by atoms with Crippen molar-refractivity contribution in [3.63, 3.8) is 0 Å². The molecule has 1 aliphatic rings. The van der Waals surface area contributed by atoms with Gasteiger partial charge in [-0.25, -0.2) is 0 Å². The predicted octanol–water partition coefficient (Wildman–Crippen LogP) is 2.04. The van der Waals surface area contributed by atoms with Gasteiger partial charge in [-0.05, 0) is 25.0 Å². The average molecular weight is 277 g/mol. The summed E-state index contributed by atoms with van der Waals surface area (Å²) in [7, 11) is 0. The van der Waals surface area contributed by atoms with Gasteiger partial charge in [-0.15, -0.1) is 0 Å². The number of benzene rings is 1. The van der Waals surface area contributed by atoms with Crippen LogP contribution in [0.3, 0.4) is 0 Å². The first-order valence-corrected chi connectivity index (χ1v) is 7.07. The molecule has 0 spiro atoms. The fraction of sp³-hybridized carbons (Fsp3) is 0.562. The van der Waals surface area contributed by atoms with E-state index in [0.717, 1.165) is 11.3 Å². The van der Waals surface area contributed by atoms with Crippen LogP contribution in [0.1, 0.15) is 32.3 Å². The molecule has 2 rings (SSSR count). The molecule has 0 saturated heterocycles. The molecule has 0 aliphatic heterocycles. The predicted molar refractivity (Wildman–Crippen MR) is 77.6 cm³/mol. The van der Waals surface area contributed by atoms with Gasteiger partial charge in [0.1, 0.15) is 5.75 Å². The lowest BCUT2D eigenvalue weighted by Gasteiger charge is -2.49. The van der Waals surface area contributed by atoms with Crippen molar-refractivity contribution in [3.8, 4) is 5.75 Å². The summed E-state index contributed by atoms with van der Waals surface area (Å²) in [6, 6.07) is 7.81. The van der Waals surface area contributed by atoms with Gasteiger partial charge in [0.25, 0.3) is 0 Å². The summed E-state index contributed by atoms with van der Waals surface area (Å²) >= 11 is 0. The maximum Gasteiger partial charge on any atom is 0.223 e. The number of aliphatic hydroxyl groups is 1. The minimum absolute atomic E-state index is 0.0245. The number of rotatable bonds is 5. The van der Waals surface area contributed by atoms with E-state index in [4.69, 9.17) is 4.74 Å². The number of para-hydroxylation sites is 1. The fourth-order valence-corrected chi connectivity index (χ4v) is 2.39. The number of aliphatic hydroxyl groups excluding tert-OH is 1. The summed E-state index contributed by atoms with van der Waals surface area (Å²) < 4.78 is 5.60. The van der Waals surface area contributed by atoms with E-state index in [1.165, 1.54) is 0 Å². The van der Waals surface area contributed by atoms with Crippen molar-refractivity contribution in [2.75, 3.05) is 6.61 Å². The number of carbonyl (C=O) groups excluding carboxylic acids is 1. The van der Waals surface area contributed by atoms with E-state index in [2.05, 4.69) is 5.32 Å². The number of amides is 1. The van der Waals surface area contributed by atoms with E-state index < -0.39 is 0 Å². The Morgan fingerprint density at radius 2 is 2.15 bits per heavy atom. The molecule has 4 heteroatoms. The highest BCUT2D eigenvalue weighted by molar-refractivity contribution is 5.76. The van der Waals surface area contributed by atoms with Crippen LogP contribution in [0, 0.1) is 12.3 Å². The quantitative estimate of drug-likeness (QED) is 0.866. The normalized spacial score (nSPS) is 23.8. The molecule has 110 valence electrons. The third-order valence-corrected chi connectivity index (χ3v) is 4.23. The molecular formula is C16H23NO3. The summed E-state index contributed by atoms with van der Waals surface area (Å²) in [5, 5.41) is 12.6. The Kier molecular flexibility index (Phi) is 4.33. The maximum atomic E-state index is 11.8. The largest absolute Gasteiger partial charge is 0.493 e. The van der Waals surface area contributed by atoms with Crippen molar-refractivity contribution >= 4 is 5.91 Å². The van der Waals surface area contributed by atoms with Crippen LogP contribution in [0.5, 0.6) is 5.75 Å². The monoisotopic (exact) mass is 277 g/mol. The van der Waals surface area contributed by atoms with Crippen molar-refractivity contribution < 1.29 is 14.6 Å². The number of carbonyl (C=O) groups is 1. The molecule has 0 radical (unpaired) electrons. The molecule has 2 N–H and O–H groups in total. The molecule has 4 nitrogen and oxygen atoms in total. The smallest absolute Gasteiger partial charge is 0.223 e. The SMILES string of the molecule is Cc1ccccc1OCCC(=O)NC1CC(O)C1(C)C. The van der Waals surface area contributed by atoms with Gasteiger partial charge in [0.15, 0.2) is 0 Å². The molecule has 0 heterocycles. The minimum atomic E-state index is -0.323. The number of aryl methyl sites for hydroxylation is 1. The molecule has 1 aromatic carbocycles. The summed E-state index contributed by atoms with van der Waals surface area (Å²) in [6.45, 7) is 6.28. The summed E-state index contributed by atoms with van der Waals surface area (Å²) in [4.78, 5) is 11.8. The maximum absolute atomic E-state index is 11.8. The lowest BCUT2D eigenvalue weighted by atomic mass is 9.64. The number of hydrogen-bond donors (Lipinski definition) is 2. The standard InChI is InChI=1S/C16H23NO3/c1-11-6-4-5-7-12(11)20-9-8-15(19)17-13-10-14(18)16(13,2)3/h4-7,13-14,18H,8-10H2,1-3H3,(H,17,19). The molecule has 2 unspecified atom stereocenters. The molecule has 0 bridgehead atoms. The molecule has 1 saturated carbocycles. The highest BCUT2D eigenvalue weighted by Crippen LogP contribution is 2.40. The van der Waals surface area contributed by atoms with Crippen LogP contribution in [0.25, 0.3) is 0 Å². The van der Waals surface area contributed by atoms with E-state index in [0.29, 0.717) is 19.4 Å². The summed E-state index contributed by atoms with van der Waals surface area (Å²) in [6.07, 6.45) is 0.644. The van der Waals surface area contributed by atoms with Crippen LogP contribution < -0.4 is 10.1 Å². The molecule has 1 aliphatic carbocycles. The van der Waals surface area contributed by atoms with Gasteiger partial charge >= 0.3 is 0 Å². The van der Waals surface area contributed by atoms with Crippen LogP contribution >= 0.6 is 0 Å². The van der Waals surface area contributed by atoms with Gasteiger partial charge in [0.2, 0.25) is 5.91 Å². The van der Waals surface area contributed by atoms with Crippen LogP contribution in [0.4, 0.5) is 0 Å². The molecule has 0 aromatic heterocycles. The second-order valence-corrected chi connectivity index (χ2v) is 6.06. The van der Waals surface area contributed by atoms with E-state index >= 15 is 0 Å². The Morgan fingerprint density at radius 1 is 1.45 bits per heavy atom. The zero-order valence-electron chi connectivity index (χ0n) is 12.3. The van der Waals surface area contributed by atoms with Gasteiger partial charge in [-0.3, -0.25) is 4.79 Å². The van der Waals surface area contributed by atoms with Crippen molar-refractivity contribution in [1.29, 1.82) is 0 Å². The van der Waals surface area contributed by atoms with Gasteiger partial charge in [0.05, 0.1) is 19.1 Å². The topological polar surface area (TPSA) is 58.6 Å². The Bertz CT molecular complexity index is 484. The highest BCUT2D eigenvalue weighted by Gasteiger charge is 2.47. The summed E-state index contributed by atoms with van der Waals surface area (Å²) in [5.74, 6) is 0.795. The zero-order valence-corrected chi connectivity index (χ0v) is 12.3. The van der Waals surface area contributed by atoms with Crippen LogP contribution in [-0.4, -0.2) is 29.8 Å². The average Bonchev–Trinajstić information content (AvgIpc) is 2.41. The van der Waals surface area contributed by atoms with E-state index in [1.54, 1.807) is 0 Å². The third-order valence-electron chi connectivity index (χ3n) is 4.23. The fourth-order valence-electron chi connectivity index (χ4n) is 2.39. The number of hydrogen-bond acceptors (Lipinski definition) is 3. The zero-order chi connectivity index (χ0) is 14.8. The van der Waals surface area contributed by atoms with Crippen molar-refractivity contribution in [1.82, 2.24) is 5.32 Å². The van der Waals surface area contributed by atoms with E-state index in [-0.39, 0.29) is 23.5 Å². The lowest BCUT2D eigenvalue weighted by Crippen LogP contribution is -2.61. The second kappa shape index (κ2) is 5.83. The van der Waals surface area contributed by atoms with Crippen LogP contribution in [0.2, 0.25) is 0 Å². The van der Waals surface area contributed by atoms with E-state index in [9.17, 15) is 9.90 Å². The van der Waals surface area contributed by atoms with Crippen molar-refractivity contribution in [2.24, 2.45) is 5.41 Å². The third kappa shape index (κ3) is 3.12. The Labute approximate surface area is 120 Å². The van der Waals surface area contributed by atoms with Gasteiger partial charge in [-0.1, -0.05) is 32.0 Å². The minimum Gasteiger partial charge on any atom is -0.493 e. The molecule has 2 atom stereocenters. The Morgan fingerprint density at radius 3 is 2.75 bits per heavy atom. The molecule has 20 heavy (non-hydrogen) atoms. The Hall–Kier alpha value is -1.55. The van der Waals surface area contributed by atoms with E-state index in [1.807, 2.05) is 45.0 Å². The van der Waals surface area contributed by atoms with Crippen molar-refractivity contribution in [2.45, 2.75) is 45.8 Å². The second-order valence-electron chi connectivity index (χ2n) is 6.06. The summed E-state index contributed by atoms with van der Waals surface area (Å²) in [5.41, 5.74) is 0.836. The number of nitrogens with one attached hydrogen (secondary N) is 1. The highest BCUT2D eigenvalue weighted by atomic mass is 16.5. The van der Waals surface area contributed by atoms with Crippen LogP contribution in [-0.2, 0) is 4.79 Å². The van der Waals surface area contributed by atoms with Crippen molar-refractivity contribution in [3.05, 3.63) is 29.8 Å². The Balaban J connectivity index is 1.73. The van der Waals surface area contributed by atoms with Gasteiger partial charge in [-0.2, -0.15) is 0 Å². The first kappa shape index (κ1) is 14.9. The molecule has 1 fully saturated rings. The number of ether oxygens (including phenoxy) is 1. The first-order valence-electron chi connectivity index (χ1n) is 7.07.